The minimum Gasteiger partial charge on any atom is -0.397 e. The van der Waals surface area contributed by atoms with Crippen molar-refractivity contribution in [2.45, 2.75) is 24.3 Å². The van der Waals surface area contributed by atoms with Crippen LogP contribution in [0.5, 0.6) is 0 Å². The Morgan fingerprint density at radius 2 is 2.12 bits per heavy atom. The number of aliphatic hydroxyl groups excluding tert-OH is 1. The van der Waals surface area contributed by atoms with E-state index in [9.17, 15) is 13.5 Å². The van der Waals surface area contributed by atoms with Crippen molar-refractivity contribution in [3.05, 3.63) is 18.2 Å². The predicted octanol–water partition coefficient (Wildman–Crippen LogP) is 0.0990. The van der Waals surface area contributed by atoms with E-state index in [4.69, 9.17) is 10.9 Å². The van der Waals surface area contributed by atoms with Gasteiger partial charge in [-0.2, -0.15) is 0 Å². The van der Waals surface area contributed by atoms with Crippen molar-refractivity contribution in [2.24, 2.45) is 5.14 Å². The molecule has 0 aliphatic carbocycles. The molecule has 1 aromatic rings. The van der Waals surface area contributed by atoms with Crippen LogP contribution in [-0.4, -0.2) is 26.2 Å². The molecule has 0 aliphatic heterocycles. The van der Waals surface area contributed by atoms with E-state index in [1.807, 2.05) is 6.92 Å². The van der Waals surface area contributed by atoms with E-state index < -0.39 is 16.1 Å². The molecule has 0 heterocycles. The fraction of sp³-hybridized carbons (Fsp3) is 0.400. The molecule has 0 fully saturated rings. The number of hydrogen-bond donors (Lipinski definition) is 4. The van der Waals surface area contributed by atoms with Gasteiger partial charge in [-0.05, 0) is 24.6 Å². The molecule has 0 bridgehead atoms. The molecule has 6 nitrogen and oxygen atoms in total. The number of hydrogen-bond acceptors (Lipinski definition) is 5. The SMILES string of the molecule is CCC(O)CNc1cc(S(N)(=O)=O)ccc1N. The molecule has 0 aliphatic rings. The highest BCUT2D eigenvalue weighted by Gasteiger charge is 2.10. The smallest absolute Gasteiger partial charge is 0.238 e. The average Bonchev–Trinajstić information content (AvgIpc) is 2.26. The van der Waals surface area contributed by atoms with Gasteiger partial charge in [-0.25, -0.2) is 13.6 Å². The quantitative estimate of drug-likeness (QED) is 0.559. The Labute approximate surface area is 101 Å². The Morgan fingerprint density at radius 3 is 2.65 bits per heavy atom. The summed E-state index contributed by atoms with van der Waals surface area (Å²) in [5.74, 6) is 0. The number of sulfonamides is 1. The normalized spacial score (nSPS) is 13.4. The van der Waals surface area contributed by atoms with E-state index in [1.54, 1.807) is 0 Å². The van der Waals surface area contributed by atoms with Crippen molar-refractivity contribution in [1.29, 1.82) is 0 Å². The van der Waals surface area contributed by atoms with Crippen molar-refractivity contribution < 1.29 is 13.5 Å². The molecule has 1 unspecified atom stereocenters. The monoisotopic (exact) mass is 259 g/mol. The maximum Gasteiger partial charge on any atom is 0.238 e. The highest BCUT2D eigenvalue weighted by Crippen LogP contribution is 2.22. The minimum absolute atomic E-state index is 0.0137. The van der Waals surface area contributed by atoms with Gasteiger partial charge in [0.2, 0.25) is 10.0 Å². The summed E-state index contributed by atoms with van der Waals surface area (Å²) in [6, 6.07) is 4.15. The lowest BCUT2D eigenvalue weighted by atomic mass is 10.2. The van der Waals surface area contributed by atoms with Gasteiger partial charge in [0.15, 0.2) is 0 Å². The second kappa shape index (κ2) is 5.35. The van der Waals surface area contributed by atoms with Crippen LogP contribution in [0.4, 0.5) is 11.4 Å². The van der Waals surface area contributed by atoms with E-state index in [0.29, 0.717) is 24.3 Å². The third-order valence-corrected chi connectivity index (χ3v) is 3.26. The van der Waals surface area contributed by atoms with Gasteiger partial charge in [0.1, 0.15) is 0 Å². The Morgan fingerprint density at radius 1 is 1.47 bits per heavy atom. The third kappa shape index (κ3) is 3.88. The maximum absolute atomic E-state index is 11.2. The van der Waals surface area contributed by atoms with Crippen LogP contribution in [0.15, 0.2) is 23.1 Å². The first-order valence-corrected chi connectivity index (χ1v) is 6.73. The fourth-order valence-corrected chi connectivity index (χ4v) is 1.78. The number of nitrogens with two attached hydrogens (primary N) is 2. The topological polar surface area (TPSA) is 118 Å². The highest BCUT2D eigenvalue weighted by atomic mass is 32.2. The lowest BCUT2D eigenvalue weighted by Gasteiger charge is -2.13. The third-order valence-electron chi connectivity index (χ3n) is 2.35. The summed E-state index contributed by atoms with van der Waals surface area (Å²) in [4.78, 5) is -0.0137. The maximum atomic E-state index is 11.2. The molecule has 1 rings (SSSR count). The van der Waals surface area contributed by atoms with Crippen LogP contribution >= 0.6 is 0 Å². The number of anilines is 2. The van der Waals surface area contributed by atoms with Gasteiger partial charge in [-0.15, -0.1) is 0 Å². The van der Waals surface area contributed by atoms with Gasteiger partial charge in [0.05, 0.1) is 22.4 Å². The molecular formula is C10H17N3O3S. The highest BCUT2D eigenvalue weighted by molar-refractivity contribution is 7.89. The Hall–Kier alpha value is -1.31. The van der Waals surface area contributed by atoms with Crippen molar-refractivity contribution in [2.75, 3.05) is 17.6 Å². The van der Waals surface area contributed by atoms with Gasteiger partial charge in [0, 0.05) is 6.54 Å². The van der Waals surface area contributed by atoms with E-state index >= 15 is 0 Å². The summed E-state index contributed by atoms with van der Waals surface area (Å²) in [6.45, 7) is 2.14. The van der Waals surface area contributed by atoms with Gasteiger partial charge >= 0.3 is 0 Å². The van der Waals surface area contributed by atoms with Crippen LogP contribution in [-0.2, 0) is 10.0 Å². The van der Waals surface area contributed by atoms with Gasteiger partial charge in [-0.3, -0.25) is 0 Å². The van der Waals surface area contributed by atoms with Crippen LogP contribution in [0.1, 0.15) is 13.3 Å². The van der Waals surface area contributed by atoms with E-state index in [-0.39, 0.29) is 4.90 Å². The standard InChI is InChI=1S/C10H17N3O3S/c1-2-7(14)6-13-10-5-8(17(12,15)16)3-4-9(10)11/h3-5,7,13-14H,2,6,11H2,1H3,(H2,12,15,16). The Bertz CT molecular complexity index is 488. The molecule has 0 spiro atoms. The van der Waals surface area contributed by atoms with Crippen LogP contribution in [0, 0.1) is 0 Å². The first-order chi connectivity index (χ1) is 7.84. The molecule has 0 saturated heterocycles. The van der Waals surface area contributed by atoms with Gasteiger partial charge in [-0.1, -0.05) is 6.92 Å². The number of benzene rings is 1. The number of rotatable bonds is 5. The van der Waals surface area contributed by atoms with Gasteiger partial charge in [0.25, 0.3) is 0 Å². The molecule has 17 heavy (non-hydrogen) atoms. The number of primary sulfonamides is 1. The fourth-order valence-electron chi connectivity index (χ4n) is 1.24. The van der Waals surface area contributed by atoms with E-state index in [2.05, 4.69) is 5.32 Å². The van der Waals surface area contributed by atoms with E-state index in [1.165, 1.54) is 18.2 Å². The largest absolute Gasteiger partial charge is 0.397 e. The Balaban J connectivity index is 2.92. The number of aliphatic hydroxyl groups is 1. The van der Waals surface area contributed by atoms with Crippen LogP contribution in [0.3, 0.4) is 0 Å². The minimum atomic E-state index is -3.74. The second-order valence-corrected chi connectivity index (χ2v) is 5.30. The lowest BCUT2D eigenvalue weighted by molar-refractivity contribution is 0.183. The van der Waals surface area contributed by atoms with Crippen LogP contribution in [0.25, 0.3) is 0 Å². The van der Waals surface area contributed by atoms with Crippen molar-refractivity contribution in [3.8, 4) is 0 Å². The molecule has 0 radical (unpaired) electrons. The second-order valence-electron chi connectivity index (χ2n) is 3.74. The summed E-state index contributed by atoms with van der Waals surface area (Å²) in [6.07, 6.45) is 0.0921. The van der Waals surface area contributed by atoms with Crippen molar-refractivity contribution in [3.63, 3.8) is 0 Å². The van der Waals surface area contributed by atoms with E-state index in [0.717, 1.165) is 0 Å². The summed E-state index contributed by atoms with van der Waals surface area (Å²) in [5, 5.41) is 17.3. The van der Waals surface area contributed by atoms with Crippen LogP contribution in [0.2, 0.25) is 0 Å². The molecule has 6 N–H and O–H groups in total. The molecule has 0 amide bonds. The lowest BCUT2D eigenvalue weighted by Crippen LogP contribution is -2.19. The first kappa shape index (κ1) is 13.8. The summed E-state index contributed by atoms with van der Waals surface area (Å²) in [5.41, 5.74) is 6.53. The molecular weight excluding hydrogens is 242 g/mol. The summed E-state index contributed by atoms with van der Waals surface area (Å²) in [7, 11) is -3.74. The van der Waals surface area contributed by atoms with Crippen LogP contribution < -0.4 is 16.2 Å². The van der Waals surface area contributed by atoms with Crippen molar-refractivity contribution in [1.82, 2.24) is 0 Å². The number of nitrogens with one attached hydrogen (secondary N) is 1. The molecule has 1 aromatic carbocycles. The zero-order valence-corrected chi connectivity index (χ0v) is 10.4. The molecule has 0 aromatic heterocycles. The zero-order valence-electron chi connectivity index (χ0n) is 9.55. The summed E-state index contributed by atoms with van der Waals surface area (Å²) >= 11 is 0. The Kier molecular flexibility index (Phi) is 4.33. The molecule has 1 atom stereocenters. The molecule has 96 valence electrons. The number of nitrogen functional groups attached to an aromatic ring is 1. The average molecular weight is 259 g/mol. The molecule has 7 heteroatoms. The molecule has 0 saturated carbocycles. The summed E-state index contributed by atoms with van der Waals surface area (Å²) < 4.78 is 22.3. The zero-order chi connectivity index (χ0) is 13.1. The van der Waals surface area contributed by atoms with Crippen molar-refractivity contribution >= 4 is 21.4 Å². The predicted molar refractivity (Wildman–Crippen MR) is 67.0 cm³/mol. The van der Waals surface area contributed by atoms with Gasteiger partial charge < -0.3 is 16.2 Å². The first-order valence-electron chi connectivity index (χ1n) is 5.19.